The third-order valence-electron chi connectivity index (χ3n) is 3.10. The first kappa shape index (κ1) is 22.1. The Balaban J connectivity index is 0.000000462. The van der Waals surface area contributed by atoms with Gasteiger partial charge in [-0.15, -0.1) is 0 Å². The molecule has 0 heterocycles. The topological polar surface area (TPSA) is 161 Å². The summed E-state index contributed by atoms with van der Waals surface area (Å²) in [5.41, 5.74) is -0.339. The molecule has 0 aromatic heterocycles. The normalized spacial score (nSPS) is 9.60. The molecule has 25 heavy (non-hydrogen) atoms. The lowest BCUT2D eigenvalue weighted by molar-refractivity contribution is -0.307. The lowest BCUT2D eigenvalue weighted by atomic mass is 10.1. The van der Waals surface area contributed by atoms with Crippen molar-refractivity contribution in [2.24, 2.45) is 0 Å². The van der Waals surface area contributed by atoms with E-state index in [9.17, 15) is 39.6 Å². The number of carboxylic acids is 4. The van der Waals surface area contributed by atoms with Crippen molar-refractivity contribution in [3.8, 4) is 0 Å². The standard InChI is InChI=1S/C9H16O4.C8H6O4/c10-8(11)6-4-2-1-3-5-7-9(12)13;9-7(10)5-2-1-3-6(4-5)8(11)12/h1-7H2,(H,10,11)(H,12,13);1-4H,(H,9,10)(H,11,12)/p-4. The molecule has 0 fully saturated rings. The summed E-state index contributed by atoms with van der Waals surface area (Å²) in [4.78, 5) is 40.5. The van der Waals surface area contributed by atoms with Crippen LogP contribution in [0.5, 0.6) is 0 Å². The van der Waals surface area contributed by atoms with E-state index in [1.165, 1.54) is 18.2 Å². The molecule has 8 nitrogen and oxygen atoms in total. The number of aliphatic carboxylic acids is 2. The second kappa shape index (κ2) is 12.5. The van der Waals surface area contributed by atoms with Gasteiger partial charge in [-0.05, 0) is 42.9 Å². The molecule has 0 unspecified atom stereocenters. The number of carbonyl (C=O) groups is 4. The minimum absolute atomic E-state index is 0.0977. The van der Waals surface area contributed by atoms with Gasteiger partial charge in [0.25, 0.3) is 0 Å². The first-order valence-corrected chi connectivity index (χ1v) is 7.66. The number of hydrogen-bond acceptors (Lipinski definition) is 8. The molecule has 0 aliphatic carbocycles. The van der Waals surface area contributed by atoms with E-state index in [-0.39, 0.29) is 24.0 Å². The molecule has 0 saturated heterocycles. The van der Waals surface area contributed by atoms with Crippen molar-refractivity contribution in [2.45, 2.75) is 44.9 Å². The zero-order chi connectivity index (χ0) is 19.2. The maximum atomic E-state index is 10.3. The summed E-state index contributed by atoms with van der Waals surface area (Å²) in [7, 11) is 0. The van der Waals surface area contributed by atoms with Crippen LogP contribution in [0.1, 0.15) is 65.7 Å². The summed E-state index contributed by atoms with van der Waals surface area (Å²) in [5.74, 6) is -4.85. The van der Waals surface area contributed by atoms with Crippen LogP contribution in [0.3, 0.4) is 0 Å². The second-order valence-electron chi connectivity index (χ2n) is 5.17. The molecule has 8 heteroatoms. The smallest absolute Gasteiger partial charge is 0.0715 e. The zero-order valence-electron chi connectivity index (χ0n) is 13.5. The molecule has 138 valence electrons. The molecule has 0 bridgehead atoms. The molecule has 1 aromatic carbocycles. The Morgan fingerprint density at radius 1 is 0.640 bits per heavy atom. The fraction of sp³-hybridized carbons (Fsp3) is 0.412. The first-order valence-electron chi connectivity index (χ1n) is 7.66. The molecule has 1 aromatic rings. The zero-order valence-corrected chi connectivity index (χ0v) is 13.5. The van der Waals surface area contributed by atoms with E-state index in [1.807, 2.05) is 0 Å². The maximum absolute atomic E-state index is 10.3. The molecule has 0 amide bonds. The van der Waals surface area contributed by atoms with Gasteiger partial charge in [0, 0.05) is 11.9 Å². The van der Waals surface area contributed by atoms with Gasteiger partial charge < -0.3 is 39.6 Å². The quantitative estimate of drug-likeness (QED) is 0.423. The highest BCUT2D eigenvalue weighted by Gasteiger charge is 1.96. The van der Waals surface area contributed by atoms with Crippen LogP contribution in [0.15, 0.2) is 24.3 Å². The highest BCUT2D eigenvalue weighted by atomic mass is 16.4. The summed E-state index contributed by atoms with van der Waals surface area (Å²) in [5, 5.41) is 40.5. The van der Waals surface area contributed by atoms with Crippen molar-refractivity contribution < 1.29 is 39.6 Å². The summed E-state index contributed by atoms with van der Waals surface area (Å²) in [6.45, 7) is 0. The van der Waals surface area contributed by atoms with Crippen LogP contribution in [0.25, 0.3) is 0 Å². The minimum atomic E-state index is -1.40. The van der Waals surface area contributed by atoms with E-state index in [2.05, 4.69) is 0 Å². The lowest BCUT2D eigenvalue weighted by Gasteiger charge is -2.05. The van der Waals surface area contributed by atoms with Crippen LogP contribution in [-0.2, 0) is 9.59 Å². The SMILES string of the molecule is O=C([O-])CCCCCCCC(=O)[O-].O=C([O-])c1cccc(C(=O)[O-])c1. The van der Waals surface area contributed by atoms with Gasteiger partial charge in [0.15, 0.2) is 0 Å². The van der Waals surface area contributed by atoms with Gasteiger partial charge in [0.1, 0.15) is 0 Å². The molecule has 0 spiro atoms. The molecule has 0 aliphatic rings. The predicted molar refractivity (Wildman–Crippen MR) is 77.4 cm³/mol. The van der Waals surface area contributed by atoms with Gasteiger partial charge in [-0.2, -0.15) is 0 Å². The molecular formula is C17H18O8-4. The first-order chi connectivity index (χ1) is 11.7. The van der Waals surface area contributed by atoms with Crippen molar-refractivity contribution in [1.82, 2.24) is 0 Å². The Bertz CT molecular complexity index is 547. The number of benzene rings is 1. The van der Waals surface area contributed by atoms with Gasteiger partial charge >= 0.3 is 0 Å². The van der Waals surface area contributed by atoms with E-state index in [0.29, 0.717) is 12.8 Å². The van der Waals surface area contributed by atoms with Crippen molar-refractivity contribution in [2.75, 3.05) is 0 Å². The molecule has 0 atom stereocenters. The monoisotopic (exact) mass is 350 g/mol. The van der Waals surface area contributed by atoms with E-state index < -0.39 is 23.9 Å². The van der Waals surface area contributed by atoms with E-state index in [0.717, 1.165) is 25.3 Å². The van der Waals surface area contributed by atoms with Crippen LogP contribution >= 0.6 is 0 Å². The average molecular weight is 350 g/mol. The number of unbranched alkanes of at least 4 members (excludes halogenated alkanes) is 4. The average Bonchev–Trinajstić information content (AvgIpc) is 2.54. The van der Waals surface area contributed by atoms with Crippen LogP contribution in [0.2, 0.25) is 0 Å². The van der Waals surface area contributed by atoms with Crippen LogP contribution in [0.4, 0.5) is 0 Å². The summed E-state index contributed by atoms with van der Waals surface area (Å²) >= 11 is 0. The van der Waals surface area contributed by atoms with Crippen LogP contribution < -0.4 is 20.4 Å². The van der Waals surface area contributed by atoms with Crippen molar-refractivity contribution in [3.05, 3.63) is 35.4 Å². The van der Waals surface area contributed by atoms with Gasteiger partial charge in [-0.1, -0.05) is 37.5 Å². The highest BCUT2D eigenvalue weighted by Crippen LogP contribution is 2.06. The molecular weight excluding hydrogens is 332 g/mol. The van der Waals surface area contributed by atoms with Crippen LogP contribution in [-0.4, -0.2) is 23.9 Å². The summed E-state index contributed by atoms with van der Waals surface area (Å²) in [6, 6.07) is 4.81. The van der Waals surface area contributed by atoms with Crippen molar-refractivity contribution in [1.29, 1.82) is 0 Å². The number of hydrogen-bond donors (Lipinski definition) is 0. The maximum Gasteiger partial charge on any atom is 0.0715 e. The molecule has 1 rings (SSSR count). The molecule has 0 radical (unpaired) electrons. The third-order valence-corrected chi connectivity index (χ3v) is 3.10. The number of carbonyl (C=O) groups excluding carboxylic acids is 4. The van der Waals surface area contributed by atoms with E-state index >= 15 is 0 Å². The van der Waals surface area contributed by atoms with Crippen LogP contribution in [0, 0.1) is 0 Å². The van der Waals surface area contributed by atoms with Gasteiger partial charge in [0.05, 0.1) is 11.9 Å². The van der Waals surface area contributed by atoms with Gasteiger partial charge in [-0.3, -0.25) is 0 Å². The number of carboxylic acid groups (broad SMARTS) is 4. The lowest BCUT2D eigenvalue weighted by Crippen LogP contribution is -2.25. The van der Waals surface area contributed by atoms with Crippen molar-refractivity contribution in [3.63, 3.8) is 0 Å². The fourth-order valence-electron chi connectivity index (χ4n) is 1.84. The van der Waals surface area contributed by atoms with Gasteiger partial charge in [0.2, 0.25) is 0 Å². The Morgan fingerprint density at radius 2 is 1.00 bits per heavy atom. The Morgan fingerprint density at radius 3 is 1.32 bits per heavy atom. The molecule has 0 N–H and O–H groups in total. The van der Waals surface area contributed by atoms with Gasteiger partial charge in [-0.25, -0.2) is 0 Å². The molecule has 0 aliphatic heterocycles. The Labute approximate surface area is 144 Å². The van der Waals surface area contributed by atoms with E-state index in [4.69, 9.17) is 0 Å². The van der Waals surface area contributed by atoms with Crippen molar-refractivity contribution >= 4 is 23.9 Å². The Hall–Kier alpha value is -2.90. The second-order valence-corrected chi connectivity index (χ2v) is 5.17. The minimum Gasteiger partial charge on any atom is -0.550 e. The van der Waals surface area contributed by atoms with E-state index in [1.54, 1.807) is 0 Å². The predicted octanol–water partition coefficient (Wildman–Crippen LogP) is -2.37. The Kier molecular flexibility index (Phi) is 11.1. The highest BCUT2D eigenvalue weighted by molar-refractivity contribution is 5.91. The largest absolute Gasteiger partial charge is 0.550 e. The summed E-state index contributed by atoms with van der Waals surface area (Å²) < 4.78 is 0. The third kappa shape index (κ3) is 12.2. The number of rotatable bonds is 10. The fourth-order valence-corrected chi connectivity index (χ4v) is 1.84. The summed E-state index contributed by atoms with van der Waals surface area (Å²) in [6.07, 6.45) is 3.95. The molecule has 0 saturated carbocycles. The number of aromatic carboxylic acids is 2.